The number of phenolic OH excluding ortho intramolecular Hbond substituents is 3. The van der Waals surface area contributed by atoms with E-state index < -0.39 is 22.7 Å². The quantitative estimate of drug-likeness (QED) is 0.608. The van der Waals surface area contributed by atoms with Gasteiger partial charge in [0.25, 0.3) is 0 Å². The third kappa shape index (κ3) is 2.61. The van der Waals surface area contributed by atoms with Crippen LogP contribution in [0.5, 0.6) is 34.5 Å². The van der Waals surface area contributed by atoms with E-state index in [1.165, 1.54) is 21.3 Å². The minimum Gasteiger partial charge on any atom is -0.504 e. The molecule has 0 saturated carbocycles. The zero-order chi connectivity index (χ0) is 19.0. The second-order valence-electron chi connectivity index (χ2n) is 5.35. The molecule has 3 N–H and O–H groups in total. The maximum atomic E-state index is 12.4. The van der Waals surface area contributed by atoms with Crippen LogP contribution in [-0.4, -0.2) is 36.6 Å². The standard InChI is InChI=1S/C18H16O8/c1-23-13-4-8(5-14(24-2)18(13)25-3)11-6-9(19)15-12(26-11)7-10(20)16(21)17(15)22/h4-7,20-22H,1-3H3. The lowest BCUT2D eigenvalue weighted by atomic mass is 10.1. The third-order valence-electron chi connectivity index (χ3n) is 3.90. The van der Waals surface area contributed by atoms with Crippen molar-refractivity contribution in [2.75, 3.05) is 21.3 Å². The number of methoxy groups -OCH3 is 3. The van der Waals surface area contributed by atoms with Gasteiger partial charge in [-0.15, -0.1) is 0 Å². The minimum absolute atomic E-state index is 0.0888. The van der Waals surface area contributed by atoms with E-state index in [4.69, 9.17) is 18.6 Å². The number of hydrogen-bond donors (Lipinski definition) is 3. The first-order chi connectivity index (χ1) is 12.4. The maximum Gasteiger partial charge on any atom is 0.203 e. The van der Waals surface area contributed by atoms with Gasteiger partial charge in [-0.3, -0.25) is 4.79 Å². The average Bonchev–Trinajstić information content (AvgIpc) is 2.64. The van der Waals surface area contributed by atoms with Gasteiger partial charge in [0.1, 0.15) is 16.7 Å². The molecular formula is C18H16O8. The Morgan fingerprint density at radius 1 is 0.846 bits per heavy atom. The second-order valence-corrected chi connectivity index (χ2v) is 5.35. The molecule has 1 heterocycles. The molecule has 3 aromatic rings. The van der Waals surface area contributed by atoms with Crippen LogP contribution in [0.1, 0.15) is 0 Å². The lowest BCUT2D eigenvalue weighted by Crippen LogP contribution is -2.01. The van der Waals surface area contributed by atoms with Gasteiger partial charge in [0.05, 0.1) is 21.3 Å². The molecule has 1 aromatic heterocycles. The first kappa shape index (κ1) is 17.3. The van der Waals surface area contributed by atoms with E-state index in [2.05, 4.69) is 0 Å². The summed E-state index contributed by atoms with van der Waals surface area (Å²) in [6.07, 6.45) is 0. The molecule has 8 nitrogen and oxygen atoms in total. The van der Waals surface area contributed by atoms with Crippen molar-refractivity contribution in [3.63, 3.8) is 0 Å². The van der Waals surface area contributed by atoms with Gasteiger partial charge in [0.2, 0.25) is 11.5 Å². The number of hydrogen-bond acceptors (Lipinski definition) is 8. The molecule has 2 aromatic carbocycles. The molecule has 0 spiro atoms. The predicted molar refractivity (Wildman–Crippen MR) is 92.6 cm³/mol. The molecule has 0 amide bonds. The Morgan fingerprint density at radius 3 is 2.00 bits per heavy atom. The highest BCUT2D eigenvalue weighted by molar-refractivity contribution is 5.89. The van der Waals surface area contributed by atoms with Gasteiger partial charge in [-0.25, -0.2) is 0 Å². The Labute approximate surface area is 147 Å². The van der Waals surface area contributed by atoms with E-state index >= 15 is 0 Å². The summed E-state index contributed by atoms with van der Waals surface area (Å²) in [5.41, 5.74) is -0.234. The molecule has 0 fully saturated rings. The van der Waals surface area contributed by atoms with Crippen molar-refractivity contribution in [1.82, 2.24) is 0 Å². The summed E-state index contributed by atoms with van der Waals surface area (Å²) in [6.45, 7) is 0. The fourth-order valence-electron chi connectivity index (χ4n) is 2.64. The molecule has 136 valence electrons. The Morgan fingerprint density at radius 2 is 1.46 bits per heavy atom. The van der Waals surface area contributed by atoms with Gasteiger partial charge in [-0.05, 0) is 12.1 Å². The summed E-state index contributed by atoms with van der Waals surface area (Å²) in [6, 6.07) is 5.38. The summed E-state index contributed by atoms with van der Waals surface area (Å²) in [5, 5.41) is 28.9. The number of fused-ring (bicyclic) bond motifs is 1. The van der Waals surface area contributed by atoms with Crippen molar-refractivity contribution in [1.29, 1.82) is 0 Å². The van der Waals surface area contributed by atoms with Crippen LogP contribution >= 0.6 is 0 Å². The Balaban J connectivity index is 2.30. The smallest absolute Gasteiger partial charge is 0.203 e. The lowest BCUT2D eigenvalue weighted by molar-refractivity contribution is 0.324. The summed E-state index contributed by atoms with van der Waals surface area (Å²) in [4.78, 5) is 12.4. The topological polar surface area (TPSA) is 119 Å². The van der Waals surface area contributed by atoms with Crippen LogP contribution in [0.2, 0.25) is 0 Å². The van der Waals surface area contributed by atoms with E-state index in [1.807, 2.05) is 0 Å². The fourth-order valence-corrected chi connectivity index (χ4v) is 2.64. The molecule has 0 saturated heterocycles. The van der Waals surface area contributed by atoms with Crippen molar-refractivity contribution in [3.05, 3.63) is 34.5 Å². The fraction of sp³-hybridized carbons (Fsp3) is 0.167. The predicted octanol–water partition coefficient (Wildman–Crippen LogP) is 2.60. The SMILES string of the molecule is COc1cc(-c2cc(=O)c3c(O)c(O)c(O)cc3o2)cc(OC)c1OC. The molecular weight excluding hydrogens is 344 g/mol. The van der Waals surface area contributed by atoms with Gasteiger partial charge >= 0.3 is 0 Å². The summed E-state index contributed by atoms with van der Waals surface area (Å²) in [5.74, 6) is -0.897. The van der Waals surface area contributed by atoms with Crippen LogP contribution in [0.15, 0.2) is 33.5 Å². The summed E-state index contributed by atoms with van der Waals surface area (Å²) < 4.78 is 21.4. The van der Waals surface area contributed by atoms with E-state index in [-0.39, 0.29) is 16.7 Å². The van der Waals surface area contributed by atoms with Crippen LogP contribution in [0.3, 0.4) is 0 Å². The highest BCUT2D eigenvalue weighted by Gasteiger charge is 2.19. The van der Waals surface area contributed by atoms with Gasteiger partial charge in [0.15, 0.2) is 28.4 Å². The molecule has 26 heavy (non-hydrogen) atoms. The van der Waals surface area contributed by atoms with Crippen molar-refractivity contribution in [3.8, 4) is 45.8 Å². The van der Waals surface area contributed by atoms with E-state index in [1.54, 1.807) is 12.1 Å². The number of phenols is 3. The van der Waals surface area contributed by atoms with Gasteiger partial charge in [0, 0.05) is 17.7 Å². The normalized spacial score (nSPS) is 10.7. The number of aromatic hydroxyl groups is 3. The summed E-state index contributed by atoms with van der Waals surface area (Å²) in [7, 11) is 4.38. The highest BCUT2D eigenvalue weighted by atomic mass is 16.5. The first-order valence-corrected chi connectivity index (χ1v) is 7.43. The van der Waals surface area contributed by atoms with Crippen molar-refractivity contribution >= 4 is 11.0 Å². The van der Waals surface area contributed by atoms with Gasteiger partial charge in [-0.2, -0.15) is 0 Å². The molecule has 0 aliphatic carbocycles. The molecule has 3 rings (SSSR count). The van der Waals surface area contributed by atoms with Crippen LogP contribution in [-0.2, 0) is 0 Å². The number of benzene rings is 2. The number of rotatable bonds is 4. The van der Waals surface area contributed by atoms with Gasteiger partial charge < -0.3 is 33.9 Å². The van der Waals surface area contributed by atoms with E-state index in [9.17, 15) is 20.1 Å². The average molecular weight is 360 g/mol. The summed E-state index contributed by atoms with van der Waals surface area (Å²) >= 11 is 0. The Bertz CT molecular complexity index is 1030. The highest BCUT2D eigenvalue weighted by Crippen LogP contribution is 2.43. The first-order valence-electron chi connectivity index (χ1n) is 7.43. The minimum atomic E-state index is -0.787. The molecule has 0 bridgehead atoms. The van der Waals surface area contributed by atoms with E-state index in [0.29, 0.717) is 22.8 Å². The molecule has 0 aliphatic heterocycles. The molecule has 0 atom stereocenters. The molecule has 0 unspecified atom stereocenters. The van der Waals surface area contributed by atoms with Crippen molar-refractivity contribution in [2.24, 2.45) is 0 Å². The zero-order valence-corrected chi connectivity index (χ0v) is 14.2. The van der Waals surface area contributed by atoms with Crippen LogP contribution in [0.4, 0.5) is 0 Å². The third-order valence-corrected chi connectivity index (χ3v) is 3.90. The van der Waals surface area contributed by atoms with Crippen LogP contribution in [0.25, 0.3) is 22.3 Å². The molecule has 0 aliphatic rings. The lowest BCUT2D eigenvalue weighted by Gasteiger charge is -2.14. The van der Waals surface area contributed by atoms with Crippen molar-refractivity contribution in [2.45, 2.75) is 0 Å². The van der Waals surface area contributed by atoms with Crippen molar-refractivity contribution < 1.29 is 33.9 Å². The largest absolute Gasteiger partial charge is 0.504 e. The second kappa shape index (κ2) is 6.40. The number of ether oxygens (including phenoxy) is 3. The van der Waals surface area contributed by atoms with Gasteiger partial charge in [-0.1, -0.05) is 0 Å². The monoisotopic (exact) mass is 360 g/mol. The molecule has 8 heteroatoms. The Kier molecular flexibility index (Phi) is 4.25. The molecule has 0 radical (unpaired) electrons. The van der Waals surface area contributed by atoms with Crippen LogP contribution in [0, 0.1) is 0 Å². The Hall–Kier alpha value is -3.55. The van der Waals surface area contributed by atoms with E-state index in [0.717, 1.165) is 12.1 Å². The maximum absolute atomic E-state index is 12.4. The van der Waals surface area contributed by atoms with Crippen LogP contribution < -0.4 is 19.6 Å². The zero-order valence-electron chi connectivity index (χ0n) is 14.2.